The van der Waals surface area contributed by atoms with Crippen LogP contribution in [-0.2, 0) is 11.3 Å². The third kappa shape index (κ3) is 2.70. The van der Waals surface area contributed by atoms with E-state index in [4.69, 9.17) is 0 Å². The first kappa shape index (κ1) is 15.2. The van der Waals surface area contributed by atoms with Crippen LogP contribution in [0.15, 0.2) is 78.2 Å². The Morgan fingerprint density at radius 1 is 1.00 bits per heavy atom. The van der Waals surface area contributed by atoms with Gasteiger partial charge in [-0.3, -0.25) is 9.78 Å². The first-order valence-electron chi connectivity index (χ1n) is 8.00. The summed E-state index contributed by atoms with van der Waals surface area (Å²) in [6.45, 7) is 0.422. The fraction of sp³-hybridized carbons (Fsp3) is 0.100. The predicted octanol–water partition coefficient (Wildman–Crippen LogP) is 4.10. The first-order valence-corrected chi connectivity index (χ1v) is 8.00. The van der Waals surface area contributed by atoms with Crippen molar-refractivity contribution in [2.75, 3.05) is 4.90 Å². The average Bonchev–Trinajstić information content (AvgIpc) is 2.94. The molecule has 4 rings (SSSR count). The van der Waals surface area contributed by atoms with Crippen molar-refractivity contribution in [1.82, 2.24) is 4.98 Å². The summed E-state index contributed by atoms with van der Waals surface area (Å²) in [5.41, 5.74) is 4.24. The second-order valence-electron chi connectivity index (χ2n) is 5.93. The monoisotopic (exact) mass is 329 g/mol. The summed E-state index contributed by atoms with van der Waals surface area (Å²) in [5, 5.41) is 3.08. The van der Waals surface area contributed by atoms with Crippen molar-refractivity contribution in [3.05, 3.63) is 89.1 Å². The molecule has 0 N–H and O–H groups in total. The van der Waals surface area contributed by atoms with Crippen LogP contribution >= 0.6 is 0 Å². The van der Waals surface area contributed by atoms with Crippen LogP contribution in [0.4, 0.5) is 5.69 Å². The molecular formula is C20H15N3O2. The molecule has 3 aromatic rings. The van der Waals surface area contributed by atoms with Gasteiger partial charge in [-0.2, -0.15) is 0 Å². The lowest BCUT2D eigenvalue weighted by Crippen LogP contribution is -2.27. The van der Waals surface area contributed by atoms with E-state index < -0.39 is 6.04 Å². The Kier molecular flexibility index (Phi) is 3.82. The van der Waals surface area contributed by atoms with Crippen molar-refractivity contribution in [2.45, 2.75) is 12.6 Å². The molecule has 2 heterocycles. The molecule has 1 aliphatic heterocycles. The fourth-order valence-electron chi connectivity index (χ4n) is 3.16. The van der Waals surface area contributed by atoms with Gasteiger partial charge in [-0.15, -0.1) is 4.91 Å². The number of hydrogen-bond donors (Lipinski definition) is 0. The van der Waals surface area contributed by atoms with Crippen molar-refractivity contribution in [2.24, 2.45) is 5.18 Å². The Labute approximate surface area is 144 Å². The minimum atomic E-state index is -0.990. The molecule has 0 saturated heterocycles. The van der Waals surface area contributed by atoms with Crippen molar-refractivity contribution in [3.8, 4) is 11.1 Å². The number of carbonyl (C=O) groups excluding carboxylic acids is 1. The number of carbonyl (C=O) groups is 1. The topological polar surface area (TPSA) is 62.6 Å². The zero-order chi connectivity index (χ0) is 17.2. The summed E-state index contributed by atoms with van der Waals surface area (Å²) in [5.74, 6) is -0.280. The van der Waals surface area contributed by atoms with Crippen LogP contribution in [0, 0.1) is 4.91 Å². The SMILES string of the molecule is O=NC1C(=O)N(Cc2ccccc2)c2ccc(-c3cccnc3)cc21. The molecule has 1 unspecified atom stereocenters. The average molecular weight is 329 g/mol. The zero-order valence-corrected chi connectivity index (χ0v) is 13.4. The molecule has 0 bridgehead atoms. The van der Waals surface area contributed by atoms with E-state index in [0.717, 1.165) is 22.4 Å². The van der Waals surface area contributed by atoms with Gasteiger partial charge in [0.05, 0.1) is 12.2 Å². The molecule has 1 atom stereocenters. The highest BCUT2D eigenvalue weighted by Gasteiger charge is 2.38. The number of amides is 1. The number of nitroso groups, excluding NO2 is 1. The first-order chi connectivity index (χ1) is 12.3. The van der Waals surface area contributed by atoms with Gasteiger partial charge in [0.2, 0.25) is 0 Å². The Morgan fingerprint density at radius 2 is 1.84 bits per heavy atom. The lowest BCUT2D eigenvalue weighted by Gasteiger charge is -2.17. The molecule has 25 heavy (non-hydrogen) atoms. The van der Waals surface area contributed by atoms with Gasteiger partial charge >= 0.3 is 0 Å². The maximum Gasteiger partial charge on any atom is 0.260 e. The van der Waals surface area contributed by atoms with Crippen LogP contribution in [0.1, 0.15) is 17.2 Å². The van der Waals surface area contributed by atoms with Gasteiger partial charge < -0.3 is 4.90 Å². The molecule has 0 aliphatic carbocycles. The molecule has 122 valence electrons. The largest absolute Gasteiger partial charge is 0.305 e. The van der Waals surface area contributed by atoms with Crippen LogP contribution in [-0.4, -0.2) is 10.9 Å². The van der Waals surface area contributed by atoms with E-state index in [1.807, 2.05) is 60.7 Å². The van der Waals surface area contributed by atoms with Gasteiger partial charge in [0.25, 0.3) is 5.91 Å². The van der Waals surface area contributed by atoms with E-state index >= 15 is 0 Å². The van der Waals surface area contributed by atoms with Crippen LogP contribution in [0.5, 0.6) is 0 Å². The number of benzene rings is 2. The molecule has 1 aliphatic rings. The molecule has 2 aromatic carbocycles. The van der Waals surface area contributed by atoms with Crippen LogP contribution < -0.4 is 4.90 Å². The Bertz CT molecular complexity index is 926. The second kappa shape index (κ2) is 6.28. The van der Waals surface area contributed by atoms with Crippen molar-refractivity contribution in [1.29, 1.82) is 0 Å². The number of pyridine rings is 1. The summed E-state index contributed by atoms with van der Waals surface area (Å²) in [7, 11) is 0. The number of anilines is 1. The maximum atomic E-state index is 12.7. The zero-order valence-electron chi connectivity index (χ0n) is 13.4. The van der Waals surface area contributed by atoms with E-state index in [1.54, 1.807) is 17.3 Å². The molecule has 0 saturated carbocycles. The van der Waals surface area contributed by atoms with Gasteiger partial charge in [-0.1, -0.05) is 47.6 Å². The summed E-state index contributed by atoms with van der Waals surface area (Å²) >= 11 is 0. The number of rotatable bonds is 4. The molecule has 0 radical (unpaired) electrons. The lowest BCUT2D eigenvalue weighted by molar-refractivity contribution is -0.119. The molecule has 0 fully saturated rings. The molecular weight excluding hydrogens is 314 g/mol. The number of nitrogens with zero attached hydrogens (tertiary/aromatic N) is 3. The number of fused-ring (bicyclic) bond motifs is 1. The normalized spacial score (nSPS) is 15.9. The predicted molar refractivity (Wildman–Crippen MR) is 95.8 cm³/mol. The van der Waals surface area contributed by atoms with Gasteiger partial charge in [0.15, 0.2) is 6.04 Å². The maximum absolute atomic E-state index is 12.7. The highest BCUT2D eigenvalue weighted by Crippen LogP contribution is 2.41. The highest BCUT2D eigenvalue weighted by molar-refractivity contribution is 6.05. The number of hydrogen-bond acceptors (Lipinski definition) is 4. The Morgan fingerprint density at radius 3 is 2.56 bits per heavy atom. The molecule has 0 spiro atoms. The molecule has 5 nitrogen and oxygen atoms in total. The quantitative estimate of drug-likeness (QED) is 0.677. The smallest absolute Gasteiger partial charge is 0.260 e. The summed E-state index contributed by atoms with van der Waals surface area (Å²) in [6.07, 6.45) is 3.46. The van der Waals surface area contributed by atoms with Crippen LogP contribution in [0.2, 0.25) is 0 Å². The molecule has 1 aromatic heterocycles. The summed E-state index contributed by atoms with van der Waals surface area (Å²) < 4.78 is 0. The van der Waals surface area contributed by atoms with Crippen molar-refractivity contribution in [3.63, 3.8) is 0 Å². The van der Waals surface area contributed by atoms with Crippen molar-refractivity contribution < 1.29 is 4.79 Å². The third-order valence-electron chi connectivity index (χ3n) is 4.40. The Hall–Kier alpha value is -3.34. The molecule has 5 heteroatoms. The minimum absolute atomic E-state index is 0.280. The van der Waals surface area contributed by atoms with E-state index in [9.17, 15) is 9.70 Å². The van der Waals surface area contributed by atoms with Gasteiger partial charge in [-0.25, -0.2) is 0 Å². The summed E-state index contributed by atoms with van der Waals surface area (Å²) in [4.78, 5) is 29.7. The lowest BCUT2D eigenvalue weighted by atomic mass is 10.0. The molecule has 1 amide bonds. The Balaban J connectivity index is 1.75. The van der Waals surface area contributed by atoms with E-state index in [1.165, 1.54) is 0 Å². The highest BCUT2D eigenvalue weighted by atomic mass is 16.3. The van der Waals surface area contributed by atoms with Crippen molar-refractivity contribution >= 4 is 11.6 Å². The van der Waals surface area contributed by atoms with Crippen LogP contribution in [0.25, 0.3) is 11.1 Å². The van der Waals surface area contributed by atoms with E-state index in [-0.39, 0.29) is 5.91 Å². The van der Waals surface area contributed by atoms with E-state index in [2.05, 4.69) is 10.2 Å². The third-order valence-corrected chi connectivity index (χ3v) is 4.40. The fourth-order valence-corrected chi connectivity index (χ4v) is 3.16. The minimum Gasteiger partial charge on any atom is -0.305 e. The summed E-state index contributed by atoms with van der Waals surface area (Å²) in [6, 6.07) is 18.2. The van der Waals surface area contributed by atoms with Gasteiger partial charge in [0, 0.05) is 23.5 Å². The van der Waals surface area contributed by atoms with Gasteiger partial charge in [0.1, 0.15) is 0 Å². The number of aromatic nitrogens is 1. The second-order valence-corrected chi connectivity index (χ2v) is 5.93. The van der Waals surface area contributed by atoms with Gasteiger partial charge in [-0.05, 0) is 29.3 Å². The van der Waals surface area contributed by atoms with Crippen LogP contribution in [0.3, 0.4) is 0 Å². The van der Waals surface area contributed by atoms with E-state index in [0.29, 0.717) is 12.1 Å². The standard InChI is InChI=1S/C20H15N3O2/c24-20-19(22-25)17-11-15(16-7-4-10-21-12-16)8-9-18(17)23(20)13-14-5-2-1-3-6-14/h1-12,19H,13H2.